The van der Waals surface area contributed by atoms with Crippen LogP contribution in [0.3, 0.4) is 0 Å². The minimum Gasteiger partial charge on any atom is -0.422 e. The summed E-state index contributed by atoms with van der Waals surface area (Å²) in [7, 11) is 1.80. The van der Waals surface area contributed by atoms with E-state index in [2.05, 4.69) is 11.2 Å². The van der Waals surface area contributed by atoms with Crippen molar-refractivity contribution in [2.24, 2.45) is 12.8 Å². The average molecular weight is 453 g/mol. The second-order valence-electron chi connectivity index (χ2n) is 7.89. The first-order valence-corrected chi connectivity index (χ1v) is 10.4. The molecule has 0 fully saturated rings. The van der Waals surface area contributed by atoms with Crippen molar-refractivity contribution >= 4 is 5.69 Å². The smallest absolute Gasteiger partial charge is 0.269 e. The summed E-state index contributed by atoms with van der Waals surface area (Å²) in [6, 6.07) is 19.6. The first-order chi connectivity index (χ1) is 16.4. The van der Waals surface area contributed by atoms with Gasteiger partial charge in [0.15, 0.2) is 0 Å². The van der Waals surface area contributed by atoms with E-state index in [1.165, 1.54) is 12.1 Å². The number of aryl methyl sites for hydroxylation is 2. The van der Waals surface area contributed by atoms with Crippen LogP contribution >= 0.6 is 0 Å². The number of hydrogen-bond acceptors (Lipinski definition) is 7. The Hall–Kier alpha value is -4.91. The Morgan fingerprint density at radius 3 is 2.56 bits per heavy atom. The van der Waals surface area contributed by atoms with Crippen LogP contribution in [0.5, 0.6) is 5.88 Å². The van der Waals surface area contributed by atoms with E-state index in [9.17, 15) is 15.4 Å². The monoisotopic (exact) mass is 453 g/mol. The molecule has 4 aromatic rings. The highest BCUT2D eigenvalue weighted by Crippen LogP contribution is 2.48. The number of para-hydroxylation sites is 1. The van der Waals surface area contributed by atoms with E-state index in [1.54, 1.807) is 28.5 Å². The van der Waals surface area contributed by atoms with Gasteiger partial charge >= 0.3 is 0 Å². The largest absolute Gasteiger partial charge is 0.422 e. The van der Waals surface area contributed by atoms with Gasteiger partial charge in [-0.2, -0.15) is 20.1 Å². The van der Waals surface area contributed by atoms with Gasteiger partial charge in [0.05, 0.1) is 33.5 Å². The van der Waals surface area contributed by atoms with Gasteiger partial charge in [-0.05, 0) is 30.7 Å². The van der Waals surface area contributed by atoms with Crippen molar-refractivity contribution in [3.63, 3.8) is 0 Å². The van der Waals surface area contributed by atoms with E-state index in [4.69, 9.17) is 15.6 Å². The lowest BCUT2D eigenvalue weighted by Crippen LogP contribution is -2.22. The lowest BCUT2D eigenvalue weighted by atomic mass is 9.83. The molecular weight excluding hydrogens is 434 g/mol. The molecule has 1 atom stereocenters. The second kappa shape index (κ2) is 7.90. The summed E-state index contributed by atoms with van der Waals surface area (Å²) in [5.74, 6) is -0.458. The van der Waals surface area contributed by atoms with E-state index in [1.807, 2.05) is 43.3 Å². The maximum atomic E-state index is 11.5. The third kappa shape index (κ3) is 3.27. The average Bonchev–Trinajstić information content (AvgIpc) is 3.37. The van der Waals surface area contributed by atoms with Gasteiger partial charge in [-0.3, -0.25) is 14.8 Å². The van der Waals surface area contributed by atoms with Crippen LogP contribution < -0.4 is 10.5 Å². The SMILES string of the molecule is Cc1cc(-c2nn(-c3ccccc3)c3c2C(c2cccc([N+](=O)[O-])c2)C(C#N)=C(N)O3)n(C)n1. The minimum atomic E-state index is -0.726. The minimum absolute atomic E-state index is 0.0728. The number of non-ortho nitro benzene ring substituents is 1. The number of hydrogen-bond donors (Lipinski definition) is 1. The molecule has 168 valence electrons. The maximum absolute atomic E-state index is 11.5. The molecule has 0 bridgehead atoms. The number of nitrogens with zero attached hydrogens (tertiary/aromatic N) is 6. The fourth-order valence-corrected chi connectivity index (χ4v) is 4.26. The van der Waals surface area contributed by atoms with Crippen molar-refractivity contribution in [1.29, 1.82) is 5.26 Å². The van der Waals surface area contributed by atoms with E-state index in [-0.39, 0.29) is 17.1 Å². The van der Waals surface area contributed by atoms with Crippen LogP contribution in [0.2, 0.25) is 0 Å². The van der Waals surface area contributed by atoms with Crippen LogP contribution in [-0.4, -0.2) is 24.5 Å². The Labute approximate surface area is 194 Å². The fraction of sp³-hybridized carbons (Fsp3) is 0.125. The predicted molar refractivity (Wildman–Crippen MR) is 123 cm³/mol. The van der Waals surface area contributed by atoms with Gasteiger partial charge in [0, 0.05) is 19.2 Å². The number of nitriles is 1. The van der Waals surface area contributed by atoms with Crippen molar-refractivity contribution in [3.05, 3.63) is 99.1 Å². The fourth-order valence-electron chi connectivity index (χ4n) is 4.26. The molecule has 1 unspecified atom stereocenters. The standard InChI is InChI=1S/C24H19N7O3/c1-14-11-19(29(2)27-14)22-21-20(15-7-6-10-17(12-15)31(32)33)18(13-25)23(26)34-24(21)30(28-22)16-8-4-3-5-9-16/h3-12,20H,26H2,1-2H3. The molecule has 5 rings (SSSR count). The molecule has 1 aliphatic rings. The Morgan fingerprint density at radius 1 is 1.15 bits per heavy atom. The third-order valence-corrected chi connectivity index (χ3v) is 5.71. The summed E-state index contributed by atoms with van der Waals surface area (Å²) in [6.45, 7) is 1.87. The first kappa shape index (κ1) is 21.0. The van der Waals surface area contributed by atoms with E-state index in [0.29, 0.717) is 28.4 Å². The molecule has 0 aliphatic carbocycles. The van der Waals surface area contributed by atoms with Crippen LogP contribution in [0.4, 0.5) is 5.69 Å². The van der Waals surface area contributed by atoms with Crippen LogP contribution in [0.25, 0.3) is 17.1 Å². The molecule has 0 spiro atoms. The van der Waals surface area contributed by atoms with E-state index >= 15 is 0 Å². The van der Waals surface area contributed by atoms with Crippen molar-refractivity contribution in [3.8, 4) is 29.0 Å². The Balaban J connectivity index is 1.85. The molecule has 10 nitrogen and oxygen atoms in total. The van der Waals surface area contributed by atoms with Crippen molar-refractivity contribution in [2.75, 3.05) is 0 Å². The Kier molecular flexibility index (Phi) is 4.87. The molecule has 0 amide bonds. The molecule has 10 heteroatoms. The molecule has 2 aromatic carbocycles. The Morgan fingerprint density at radius 2 is 1.91 bits per heavy atom. The summed E-state index contributed by atoms with van der Waals surface area (Å²) in [5, 5.41) is 30.8. The van der Waals surface area contributed by atoms with Gasteiger partial charge in [-0.1, -0.05) is 30.3 Å². The zero-order valence-corrected chi connectivity index (χ0v) is 18.3. The molecule has 0 saturated heterocycles. The van der Waals surface area contributed by atoms with Crippen LogP contribution in [0.1, 0.15) is 22.7 Å². The Bertz CT molecular complexity index is 1510. The number of ether oxygens (including phenoxy) is 1. The van der Waals surface area contributed by atoms with Crippen molar-refractivity contribution in [1.82, 2.24) is 19.6 Å². The van der Waals surface area contributed by atoms with Gasteiger partial charge in [-0.25, -0.2) is 0 Å². The summed E-state index contributed by atoms with van der Waals surface area (Å²) < 4.78 is 9.29. The molecular formula is C24H19N7O3. The maximum Gasteiger partial charge on any atom is 0.269 e. The first-order valence-electron chi connectivity index (χ1n) is 10.4. The number of allylic oxidation sites excluding steroid dienone is 1. The number of nitrogens with two attached hydrogens (primary N) is 1. The van der Waals surface area contributed by atoms with Crippen LogP contribution in [0, 0.1) is 28.4 Å². The lowest BCUT2D eigenvalue weighted by molar-refractivity contribution is -0.384. The number of nitro groups is 1. The summed E-state index contributed by atoms with van der Waals surface area (Å²) in [6.07, 6.45) is 0. The highest BCUT2D eigenvalue weighted by atomic mass is 16.6. The number of nitro benzene ring substituents is 1. The molecule has 0 radical (unpaired) electrons. The number of benzene rings is 2. The number of fused-ring (bicyclic) bond motifs is 1. The topological polar surface area (TPSA) is 138 Å². The summed E-state index contributed by atoms with van der Waals surface area (Å²) in [4.78, 5) is 11.0. The van der Waals surface area contributed by atoms with Gasteiger partial charge in [0.25, 0.3) is 5.69 Å². The molecule has 2 N–H and O–H groups in total. The van der Waals surface area contributed by atoms with Gasteiger partial charge in [0.1, 0.15) is 17.3 Å². The zero-order chi connectivity index (χ0) is 24.0. The second-order valence-corrected chi connectivity index (χ2v) is 7.89. The van der Waals surface area contributed by atoms with Gasteiger partial charge in [-0.15, -0.1) is 0 Å². The van der Waals surface area contributed by atoms with Gasteiger partial charge in [0.2, 0.25) is 11.8 Å². The number of aromatic nitrogens is 4. The van der Waals surface area contributed by atoms with E-state index < -0.39 is 10.8 Å². The van der Waals surface area contributed by atoms with Crippen molar-refractivity contribution < 1.29 is 9.66 Å². The quantitative estimate of drug-likeness (QED) is 0.367. The van der Waals surface area contributed by atoms with E-state index in [0.717, 1.165) is 11.4 Å². The highest BCUT2D eigenvalue weighted by molar-refractivity contribution is 5.70. The zero-order valence-electron chi connectivity index (χ0n) is 18.3. The molecule has 34 heavy (non-hydrogen) atoms. The molecule has 0 saturated carbocycles. The predicted octanol–water partition coefficient (Wildman–Crippen LogP) is 3.71. The lowest BCUT2D eigenvalue weighted by Gasteiger charge is -2.25. The van der Waals surface area contributed by atoms with Gasteiger partial charge < -0.3 is 10.5 Å². The summed E-state index contributed by atoms with van der Waals surface area (Å²) >= 11 is 0. The molecule has 1 aliphatic heterocycles. The van der Waals surface area contributed by atoms with Crippen LogP contribution in [-0.2, 0) is 7.05 Å². The third-order valence-electron chi connectivity index (χ3n) is 5.71. The highest BCUT2D eigenvalue weighted by Gasteiger charge is 2.38. The number of rotatable bonds is 4. The normalized spacial score (nSPS) is 14.9. The molecule has 2 aromatic heterocycles. The molecule has 3 heterocycles. The van der Waals surface area contributed by atoms with Crippen LogP contribution in [0.15, 0.2) is 72.1 Å². The summed E-state index contributed by atoms with van der Waals surface area (Å²) in [5.41, 5.74) is 10.2. The van der Waals surface area contributed by atoms with Crippen molar-refractivity contribution in [2.45, 2.75) is 12.8 Å².